The van der Waals surface area contributed by atoms with Crippen molar-refractivity contribution in [2.75, 3.05) is 18.0 Å². The van der Waals surface area contributed by atoms with Gasteiger partial charge in [-0.05, 0) is 25.0 Å². The Hall–Kier alpha value is -1.85. The highest BCUT2D eigenvalue weighted by atomic mass is 16.3. The van der Waals surface area contributed by atoms with Crippen LogP contribution in [-0.2, 0) is 6.54 Å². The number of anilines is 1. The lowest BCUT2D eigenvalue weighted by molar-refractivity contribution is 0.0839. The number of hydrogen-bond donors (Lipinski definition) is 2. The molecule has 1 aliphatic heterocycles. The monoisotopic (exact) mass is 272 g/mol. The summed E-state index contributed by atoms with van der Waals surface area (Å²) in [5.74, 6) is 0.898. The first-order valence-corrected chi connectivity index (χ1v) is 6.90. The highest BCUT2D eigenvalue weighted by Crippen LogP contribution is 2.25. The molecule has 2 aromatic rings. The van der Waals surface area contributed by atoms with Crippen LogP contribution in [0.1, 0.15) is 18.9 Å². The maximum Gasteiger partial charge on any atom is 0.151 e. The first-order valence-electron chi connectivity index (χ1n) is 6.90. The Morgan fingerprint density at radius 2 is 2.15 bits per heavy atom. The van der Waals surface area contributed by atoms with Gasteiger partial charge in [0.05, 0.1) is 11.3 Å². The molecule has 0 aliphatic carbocycles. The number of benzene rings is 1. The molecule has 5 nitrogen and oxygen atoms in total. The Kier molecular flexibility index (Phi) is 3.23. The summed E-state index contributed by atoms with van der Waals surface area (Å²) < 4.78 is 1.85. The summed E-state index contributed by atoms with van der Waals surface area (Å²) in [6.45, 7) is 3.82. The van der Waals surface area contributed by atoms with Crippen LogP contribution in [0.4, 0.5) is 5.82 Å². The summed E-state index contributed by atoms with van der Waals surface area (Å²) in [6.07, 6.45) is 2.72. The van der Waals surface area contributed by atoms with Crippen LogP contribution in [0.3, 0.4) is 0 Å². The van der Waals surface area contributed by atoms with E-state index in [4.69, 9.17) is 5.73 Å². The molecule has 1 aromatic heterocycles. The van der Waals surface area contributed by atoms with Crippen molar-refractivity contribution < 1.29 is 5.11 Å². The van der Waals surface area contributed by atoms with Gasteiger partial charge in [0.2, 0.25) is 0 Å². The second-order valence-corrected chi connectivity index (χ2v) is 5.62. The minimum atomic E-state index is -0.612. The number of nitrogens with two attached hydrogens (primary N) is 1. The van der Waals surface area contributed by atoms with Crippen molar-refractivity contribution in [2.45, 2.75) is 25.5 Å². The predicted molar refractivity (Wildman–Crippen MR) is 78.9 cm³/mol. The molecule has 106 valence electrons. The van der Waals surface area contributed by atoms with Crippen molar-refractivity contribution in [1.29, 1.82) is 0 Å². The molecule has 1 atom stereocenters. The Balaban J connectivity index is 1.87. The molecule has 3 rings (SSSR count). The van der Waals surface area contributed by atoms with E-state index < -0.39 is 5.60 Å². The number of para-hydroxylation sites is 1. The molecule has 2 heterocycles. The summed E-state index contributed by atoms with van der Waals surface area (Å²) in [5, 5.41) is 14.7. The third kappa shape index (κ3) is 2.42. The summed E-state index contributed by atoms with van der Waals surface area (Å²) in [4.78, 5) is 2.11. The topological polar surface area (TPSA) is 67.3 Å². The van der Waals surface area contributed by atoms with E-state index in [9.17, 15) is 5.11 Å². The first kappa shape index (κ1) is 13.1. The van der Waals surface area contributed by atoms with Gasteiger partial charge >= 0.3 is 0 Å². The largest absolute Gasteiger partial charge is 0.388 e. The van der Waals surface area contributed by atoms with Crippen LogP contribution in [0, 0.1) is 0 Å². The number of aliphatic hydroxyl groups is 1. The molecule has 3 N–H and O–H groups in total. The lowest BCUT2D eigenvalue weighted by atomic mass is 10.1. The third-order valence-electron chi connectivity index (χ3n) is 3.81. The highest BCUT2D eigenvalue weighted by molar-refractivity contribution is 5.45. The average Bonchev–Trinajstić information content (AvgIpc) is 3.05. The number of nitrogens with zero attached hydrogens (tertiary/aromatic N) is 3. The minimum Gasteiger partial charge on any atom is -0.388 e. The van der Waals surface area contributed by atoms with Crippen molar-refractivity contribution in [3.8, 4) is 5.69 Å². The molecule has 1 aromatic carbocycles. The van der Waals surface area contributed by atoms with E-state index in [2.05, 4.69) is 10.00 Å². The first-order chi connectivity index (χ1) is 9.59. The van der Waals surface area contributed by atoms with Crippen LogP contribution in [0.25, 0.3) is 5.69 Å². The molecule has 20 heavy (non-hydrogen) atoms. The predicted octanol–water partition coefficient (Wildman–Crippen LogP) is 1.29. The van der Waals surface area contributed by atoms with Gasteiger partial charge in [0.1, 0.15) is 0 Å². The number of β-amino-alcohol motifs (C(OH)–C–C–N with tert-alkyl or cyclic N) is 1. The summed E-state index contributed by atoms with van der Waals surface area (Å²) in [7, 11) is 0. The molecule has 5 heteroatoms. The van der Waals surface area contributed by atoms with Gasteiger partial charge in [-0.15, -0.1) is 0 Å². The SMILES string of the molecule is CC1(O)CCN(c2ccn(-c3ccccc3CN)n2)C1. The van der Waals surface area contributed by atoms with Gasteiger partial charge < -0.3 is 15.7 Å². The number of aromatic nitrogens is 2. The smallest absolute Gasteiger partial charge is 0.151 e. The zero-order valence-corrected chi connectivity index (χ0v) is 11.7. The van der Waals surface area contributed by atoms with Crippen LogP contribution in [0.2, 0.25) is 0 Å². The normalized spacial score (nSPS) is 22.4. The van der Waals surface area contributed by atoms with Gasteiger partial charge in [-0.1, -0.05) is 18.2 Å². The molecule has 0 amide bonds. The zero-order chi connectivity index (χ0) is 14.2. The second-order valence-electron chi connectivity index (χ2n) is 5.62. The molecule has 0 radical (unpaired) electrons. The van der Waals surface area contributed by atoms with E-state index in [-0.39, 0.29) is 0 Å². The van der Waals surface area contributed by atoms with Gasteiger partial charge in [-0.2, -0.15) is 5.10 Å². The Morgan fingerprint density at radius 3 is 2.85 bits per heavy atom. The quantitative estimate of drug-likeness (QED) is 0.883. The molecule has 0 saturated carbocycles. The van der Waals surface area contributed by atoms with E-state index in [1.807, 2.05) is 48.1 Å². The van der Waals surface area contributed by atoms with E-state index >= 15 is 0 Å². The molecular weight excluding hydrogens is 252 g/mol. The molecule has 0 spiro atoms. The van der Waals surface area contributed by atoms with Crippen LogP contribution >= 0.6 is 0 Å². The molecule has 1 fully saturated rings. The molecule has 1 unspecified atom stereocenters. The lowest BCUT2D eigenvalue weighted by Gasteiger charge is -2.18. The maximum absolute atomic E-state index is 10.0. The van der Waals surface area contributed by atoms with Gasteiger partial charge in [0, 0.05) is 31.9 Å². The van der Waals surface area contributed by atoms with Crippen LogP contribution in [0.15, 0.2) is 36.5 Å². The third-order valence-corrected chi connectivity index (χ3v) is 3.81. The van der Waals surface area contributed by atoms with Crippen LogP contribution < -0.4 is 10.6 Å². The van der Waals surface area contributed by atoms with Gasteiger partial charge in [-0.3, -0.25) is 0 Å². The number of hydrogen-bond acceptors (Lipinski definition) is 4. The fourth-order valence-electron chi connectivity index (χ4n) is 2.66. The summed E-state index contributed by atoms with van der Waals surface area (Å²) in [5.41, 5.74) is 7.23. The van der Waals surface area contributed by atoms with Crippen LogP contribution in [-0.4, -0.2) is 33.6 Å². The highest BCUT2D eigenvalue weighted by Gasteiger charge is 2.32. The molecular formula is C15H20N4O. The fraction of sp³-hybridized carbons (Fsp3) is 0.400. The lowest BCUT2D eigenvalue weighted by Crippen LogP contribution is -2.29. The zero-order valence-electron chi connectivity index (χ0n) is 11.7. The van der Waals surface area contributed by atoms with Crippen molar-refractivity contribution in [1.82, 2.24) is 9.78 Å². The van der Waals surface area contributed by atoms with Crippen molar-refractivity contribution in [2.24, 2.45) is 5.73 Å². The average molecular weight is 272 g/mol. The van der Waals surface area contributed by atoms with Gasteiger partial charge in [0.25, 0.3) is 0 Å². The Morgan fingerprint density at radius 1 is 1.35 bits per heavy atom. The van der Waals surface area contributed by atoms with E-state index in [0.29, 0.717) is 13.1 Å². The summed E-state index contributed by atoms with van der Waals surface area (Å²) >= 11 is 0. The minimum absolute atomic E-state index is 0.490. The van der Waals surface area contributed by atoms with Crippen molar-refractivity contribution in [3.63, 3.8) is 0 Å². The fourth-order valence-corrected chi connectivity index (χ4v) is 2.66. The maximum atomic E-state index is 10.0. The van der Waals surface area contributed by atoms with Gasteiger partial charge in [-0.25, -0.2) is 4.68 Å². The second kappa shape index (κ2) is 4.92. The van der Waals surface area contributed by atoms with E-state index in [1.54, 1.807) is 0 Å². The van der Waals surface area contributed by atoms with Crippen molar-refractivity contribution in [3.05, 3.63) is 42.1 Å². The molecule has 0 bridgehead atoms. The van der Waals surface area contributed by atoms with Crippen molar-refractivity contribution >= 4 is 5.82 Å². The Bertz CT molecular complexity index is 605. The Labute approximate surface area is 118 Å². The van der Waals surface area contributed by atoms with Crippen LogP contribution in [0.5, 0.6) is 0 Å². The number of rotatable bonds is 3. The van der Waals surface area contributed by atoms with Gasteiger partial charge in [0.15, 0.2) is 5.82 Å². The van der Waals surface area contributed by atoms with E-state index in [0.717, 1.165) is 30.0 Å². The standard InChI is InChI=1S/C15H20N4O/c1-15(20)7-9-18(11-15)14-6-8-19(17-14)13-5-3-2-4-12(13)10-16/h2-6,8,20H,7,9-11,16H2,1H3. The van der Waals surface area contributed by atoms with E-state index in [1.165, 1.54) is 0 Å². The summed E-state index contributed by atoms with van der Waals surface area (Å²) in [6, 6.07) is 9.97. The molecule has 1 aliphatic rings. The molecule has 1 saturated heterocycles.